The molecule has 0 heterocycles. The second-order valence-electron chi connectivity index (χ2n) is 10.0. The number of carbonyl (C=O) groups is 2. The summed E-state index contributed by atoms with van der Waals surface area (Å²) in [6.45, 7) is 7.50. The molecular formula is C28H55NO4. The van der Waals surface area contributed by atoms with Gasteiger partial charge in [-0.25, -0.2) is 0 Å². The van der Waals surface area contributed by atoms with E-state index in [1.807, 2.05) is 6.92 Å². The van der Waals surface area contributed by atoms with Gasteiger partial charge in [-0.2, -0.15) is 0 Å². The predicted molar refractivity (Wildman–Crippen MR) is 138 cm³/mol. The van der Waals surface area contributed by atoms with E-state index in [-0.39, 0.29) is 30.6 Å². The summed E-state index contributed by atoms with van der Waals surface area (Å²) in [5.74, 6) is -0.309. The van der Waals surface area contributed by atoms with Crippen LogP contribution in [0.25, 0.3) is 0 Å². The van der Waals surface area contributed by atoms with Gasteiger partial charge in [0.05, 0.1) is 5.92 Å². The van der Waals surface area contributed by atoms with Crippen LogP contribution < -0.4 is 0 Å². The molecule has 0 aromatic rings. The Balaban J connectivity index is 4.17. The lowest BCUT2D eigenvalue weighted by atomic mass is 9.94. The second-order valence-corrected chi connectivity index (χ2v) is 10.0. The van der Waals surface area contributed by atoms with E-state index in [1.165, 1.54) is 51.4 Å². The third-order valence-electron chi connectivity index (χ3n) is 6.17. The first-order valence-electron chi connectivity index (χ1n) is 13.9. The Morgan fingerprint density at radius 1 is 0.727 bits per heavy atom. The first kappa shape index (κ1) is 31.9. The van der Waals surface area contributed by atoms with Crippen LogP contribution in [0.4, 0.5) is 0 Å². The summed E-state index contributed by atoms with van der Waals surface area (Å²) in [5, 5.41) is 0. The first-order chi connectivity index (χ1) is 15.9. The Morgan fingerprint density at radius 2 is 1.24 bits per heavy atom. The van der Waals surface area contributed by atoms with E-state index in [0.29, 0.717) is 6.42 Å². The van der Waals surface area contributed by atoms with Gasteiger partial charge in [0.25, 0.3) is 0 Å². The molecule has 0 aromatic heterocycles. The van der Waals surface area contributed by atoms with Gasteiger partial charge >= 0.3 is 11.9 Å². The molecule has 0 fully saturated rings. The van der Waals surface area contributed by atoms with E-state index in [4.69, 9.17) is 9.47 Å². The molecule has 0 rings (SSSR count). The van der Waals surface area contributed by atoms with Crippen molar-refractivity contribution in [3.63, 3.8) is 0 Å². The average Bonchev–Trinajstić information content (AvgIpc) is 2.78. The van der Waals surface area contributed by atoms with Gasteiger partial charge in [0, 0.05) is 6.42 Å². The summed E-state index contributed by atoms with van der Waals surface area (Å²) >= 11 is 0. The van der Waals surface area contributed by atoms with Crippen molar-refractivity contribution in [1.82, 2.24) is 4.90 Å². The molecule has 0 aliphatic heterocycles. The molecule has 0 radical (unpaired) electrons. The molecule has 2 atom stereocenters. The zero-order chi connectivity index (χ0) is 24.7. The smallest absolute Gasteiger partial charge is 0.309 e. The van der Waals surface area contributed by atoms with Crippen molar-refractivity contribution >= 4 is 11.9 Å². The summed E-state index contributed by atoms with van der Waals surface area (Å²) in [6, 6.07) is 0. The number of nitrogens with zero attached hydrogens (tertiary/aromatic N) is 1. The molecule has 0 N–H and O–H groups in total. The number of rotatable bonds is 23. The number of hydrogen-bond donors (Lipinski definition) is 0. The number of unbranched alkanes of at least 4 members (excludes halogenated alkanes) is 11. The van der Waals surface area contributed by atoms with Crippen molar-refractivity contribution in [2.45, 2.75) is 136 Å². The van der Waals surface area contributed by atoms with Crippen molar-refractivity contribution in [3.8, 4) is 0 Å². The second kappa shape index (κ2) is 22.7. The van der Waals surface area contributed by atoms with Gasteiger partial charge in [0.1, 0.15) is 12.7 Å². The fourth-order valence-electron chi connectivity index (χ4n) is 4.05. The highest BCUT2D eigenvalue weighted by Crippen LogP contribution is 2.20. The number of hydrogen-bond acceptors (Lipinski definition) is 5. The molecule has 5 nitrogen and oxygen atoms in total. The maximum Gasteiger partial charge on any atom is 0.309 e. The van der Waals surface area contributed by atoms with Crippen molar-refractivity contribution < 1.29 is 19.1 Å². The molecule has 0 aromatic carbocycles. The Morgan fingerprint density at radius 3 is 1.85 bits per heavy atom. The molecule has 0 spiro atoms. The number of carbonyl (C=O) groups excluding carboxylic acids is 2. The molecule has 33 heavy (non-hydrogen) atoms. The lowest BCUT2D eigenvalue weighted by molar-refractivity contribution is -0.160. The topological polar surface area (TPSA) is 55.8 Å². The summed E-state index contributed by atoms with van der Waals surface area (Å²) in [5.41, 5.74) is 0. The number of esters is 2. The van der Waals surface area contributed by atoms with Crippen LogP contribution in [0.3, 0.4) is 0 Å². The molecule has 196 valence electrons. The van der Waals surface area contributed by atoms with Crippen molar-refractivity contribution in [3.05, 3.63) is 0 Å². The largest absolute Gasteiger partial charge is 0.462 e. The maximum absolute atomic E-state index is 12.7. The SMILES string of the molecule is CCCCCCCCC(CCCCCC)C(=O)OCC(C)OC(=O)CCCCCCN(C)C. The lowest BCUT2D eigenvalue weighted by Crippen LogP contribution is -2.25. The maximum atomic E-state index is 12.7. The van der Waals surface area contributed by atoms with Crippen LogP contribution in [0.2, 0.25) is 0 Å². The van der Waals surface area contributed by atoms with Gasteiger partial charge in [-0.3, -0.25) is 9.59 Å². The van der Waals surface area contributed by atoms with Crippen LogP contribution in [-0.4, -0.2) is 50.2 Å². The Bertz CT molecular complexity index is 467. The minimum Gasteiger partial charge on any atom is -0.462 e. The minimum absolute atomic E-state index is 0.0156. The average molecular weight is 470 g/mol. The molecule has 0 aliphatic rings. The third kappa shape index (κ3) is 21.2. The fourth-order valence-corrected chi connectivity index (χ4v) is 4.05. The van der Waals surface area contributed by atoms with Crippen molar-refractivity contribution in [2.75, 3.05) is 27.2 Å². The van der Waals surface area contributed by atoms with Crippen LogP contribution in [0.1, 0.15) is 130 Å². The predicted octanol–water partition coefficient (Wildman–Crippen LogP) is 7.31. The van der Waals surface area contributed by atoms with E-state index in [9.17, 15) is 9.59 Å². The quantitative estimate of drug-likeness (QED) is 0.116. The molecule has 0 amide bonds. The Labute approximate surface area is 205 Å². The van der Waals surface area contributed by atoms with Gasteiger partial charge in [0.15, 0.2) is 0 Å². The standard InChI is InChI=1S/C28H55NO4/c1-6-8-10-12-13-17-21-26(20-16-11-9-7-2)28(31)32-24-25(3)33-27(30)22-18-14-15-19-23-29(4)5/h25-26H,6-24H2,1-5H3. The summed E-state index contributed by atoms with van der Waals surface area (Å²) in [7, 11) is 4.16. The monoisotopic (exact) mass is 469 g/mol. The van der Waals surface area contributed by atoms with E-state index < -0.39 is 0 Å². The van der Waals surface area contributed by atoms with Gasteiger partial charge in [-0.05, 0) is 53.2 Å². The van der Waals surface area contributed by atoms with E-state index >= 15 is 0 Å². The zero-order valence-corrected chi connectivity index (χ0v) is 22.7. The zero-order valence-electron chi connectivity index (χ0n) is 22.7. The minimum atomic E-state index is -0.384. The van der Waals surface area contributed by atoms with Gasteiger partial charge < -0.3 is 14.4 Å². The van der Waals surface area contributed by atoms with Gasteiger partial charge in [0.2, 0.25) is 0 Å². The summed E-state index contributed by atoms with van der Waals surface area (Å²) < 4.78 is 11.0. The highest BCUT2D eigenvalue weighted by atomic mass is 16.6. The van der Waals surface area contributed by atoms with Crippen LogP contribution in [-0.2, 0) is 19.1 Å². The molecule has 0 bridgehead atoms. The summed E-state index contributed by atoms with van der Waals surface area (Å²) in [4.78, 5) is 27.0. The highest BCUT2D eigenvalue weighted by Gasteiger charge is 2.21. The Kier molecular flexibility index (Phi) is 21.9. The molecule has 0 aliphatic carbocycles. The van der Waals surface area contributed by atoms with Gasteiger partial charge in [-0.15, -0.1) is 0 Å². The van der Waals surface area contributed by atoms with Crippen LogP contribution in [0, 0.1) is 5.92 Å². The summed E-state index contributed by atoms with van der Waals surface area (Å²) in [6.07, 6.45) is 18.2. The normalized spacial score (nSPS) is 13.2. The fraction of sp³-hybridized carbons (Fsp3) is 0.929. The Hall–Kier alpha value is -1.10. The highest BCUT2D eigenvalue weighted by molar-refractivity contribution is 5.72. The molecule has 0 saturated heterocycles. The molecule has 2 unspecified atom stereocenters. The molecular weight excluding hydrogens is 414 g/mol. The number of ether oxygens (including phenoxy) is 2. The first-order valence-corrected chi connectivity index (χ1v) is 13.9. The van der Waals surface area contributed by atoms with Crippen LogP contribution in [0.5, 0.6) is 0 Å². The van der Waals surface area contributed by atoms with Gasteiger partial charge in [-0.1, -0.05) is 90.9 Å². The molecule has 5 heteroatoms. The van der Waals surface area contributed by atoms with Crippen molar-refractivity contribution in [2.24, 2.45) is 5.92 Å². The molecule has 0 saturated carbocycles. The van der Waals surface area contributed by atoms with E-state index in [1.54, 1.807) is 0 Å². The van der Waals surface area contributed by atoms with E-state index in [2.05, 4.69) is 32.8 Å². The lowest BCUT2D eigenvalue weighted by Gasteiger charge is -2.18. The van der Waals surface area contributed by atoms with Crippen LogP contribution >= 0.6 is 0 Å². The van der Waals surface area contributed by atoms with Crippen LogP contribution in [0.15, 0.2) is 0 Å². The van der Waals surface area contributed by atoms with E-state index in [0.717, 1.165) is 57.9 Å². The van der Waals surface area contributed by atoms with Crippen molar-refractivity contribution in [1.29, 1.82) is 0 Å². The third-order valence-corrected chi connectivity index (χ3v) is 6.17.